The molecule has 116 valence electrons. The Morgan fingerprint density at radius 1 is 1.33 bits per heavy atom. The average molecular weight is 290 g/mol. The highest BCUT2D eigenvalue weighted by molar-refractivity contribution is 5.36. The molecule has 2 saturated heterocycles. The minimum absolute atomic E-state index is 0.0665. The van der Waals surface area contributed by atoms with Crippen molar-refractivity contribution in [3.05, 3.63) is 22.7 Å². The summed E-state index contributed by atoms with van der Waals surface area (Å²) in [5.74, 6) is 1.41. The summed E-state index contributed by atoms with van der Waals surface area (Å²) in [7, 11) is 0. The van der Waals surface area contributed by atoms with Crippen LogP contribution in [0.15, 0.2) is 17.2 Å². The molecular weight excluding hydrogens is 264 g/mol. The smallest absolute Gasteiger partial charge is 0.293 e. The molecule has 2 fully saturated rings. The van der Waals surface area contributed by atoms with Gasteiger partial charge in [-0.05, 0) is 44.6 Å². The Balaban J connectivity index is 1.66. The maximum atomic E-state index is 12.4. The van der Waals surface area contributed by atoms with Gasteiger partial charge in [0.1, 0.15) is 0 Å². The summed E-state index contributed by atoms with van der Waals surface area (Å²) in [5, 5.41) is 3.62. The first-order valence-electron chi connectivity index (χ1n) is 8.33. The van der Waals surface area contributed by atoms with Gasteiger partial charge in [0.25, 0.3) is 5.56 Å². The summed E-state index contributed by atoms with van der Waals surface area (Å²) in [5.41, 5.74) is 0.0665. The monoisotopic (exact) mass is 290 g/mol. The molecule has 0 radical (unpaired) electrons. The summed E-state index contributed by atoms with van der Waals surface area (Å²) in [6.07, 6.45) is 9.49. The number of hydrogen-bond acceptors (Lipinski definition) is 4. The Kier molecular flexibility index (Phi) is 4.58. The van der Waals surface area contributed by atoms with Gasteiger partial charge in [-0.25, -0.2) is 4.98 Å². The highest BCUT2D eigenvalue weighted by Gasteiger charge is 2.29. The normalized spacial score (nSPS) is 23.7. The minimum Gasteiger partial charge on any atom is -0.352 e. The first-order chi connectivity index (χ1) is 10.3. The second-order valence-electron chi connectivity index (χ2n) is 6.28. The van der Waals surface area contributed by atoms with Crippen molar-refractivity contribution in [3.8, 4) is 0 Å². The van der Waals surface area contributed by atoms with Crippen molar-refractivity contribution in [1.82, 2.24) is 14.9 Å². The van der Waals surface area contributed by atoms with Crippen LogP contribution in [-0.2, 0) is 6.54 Å². The van der Waals surface area contributed by atoms with E-state index in [1.165, 1.54) is 32.2 Å². The third-order valence-corrected chi connectivity index (χ3v) is 4.87. The summed E-state index contributed by atoms with van der Waals surface area (Å²) >= 11 is 0. The Morgan fingerprint density at radius 3 is 2.81 bits per heavy atom. The SMILES string of the molecule is CCCn1ccnc(N2CCC(C3CCCN3)CC2)c1=O. The third-order valence-electron chi connectivity index (χ3n) is 4.87. The molecule has 0 spiro atoms. The zero-order valence-corrected chi connectivity index (χ0v) is 12.9. The number of aryl methyl sites for hydroxylation is 1. The first kappa shape index (κ1) is 14.6. The van der Waals surface area contributed by atoms with Gasteiger partial charge in [0, 0.05) is 38.1 Å². The first-order valence-corrected chi connectivity index (χ1v) is 8.33. The molecule has 1 aromatic heterocycles. The number of nitrogens with zero attached hydrogens (tertiary/aromatic N) is 3. The molecule has 21 heavy (non-hydrogen) atoms. The van der Waals surface area contributed by atoms with E-state index in [4.69, 9.17) is 0 Å². The molecule has 1 unspecified atom stereocenters. The lowest BCUT2D eigenvalue weighted by molar-refractivity contribution is 0.318. The Labute approximate surface area is 126 Å². The largest absolute Gasteiger partial charge is 0.352 e. The zero-order valence-electron chi connectivity index (χ0n) is 12.9. The number of nitrogens with one attached hydrogen (secondary N) is 1. The zero-order chi connectivity index (χ0) is 14.7. The molecule has 5 heteroatoms. The number of rotatable bonds is 4. The van der Waals surface area contributed by atoms with Gasteiger partial charge in [-0.15, -0.1) is 0 Å². The van der Waals surface area contributed by atoms with Gasteiger partial charge in [-0.1, -0.05) is 6.92 Å². The van der Waals surface area contributed by atoms with Gasteiger partial charge in [-0.3, -0.25) is 4.79 Å². The second kappa shape index (κ2) is 6.60. The number of piperidine rings is 1. The van der Waals surface area contributed by atoms with E-state index in [1.54, 1.807) is 17.0 Å². The fourth-order valence-electron chi connectivity index (χ4n) is 3.70. The second-order valence-corrected chi connectivity index (χ2v) is 6.28. The summed E-state index contributed by atoms with van der Waals surface area (Å²) in [6, 6.07) is 0.702. The van der Waals surface area contributed by atoms with Crippen molar-refractivity contribution >= 4 is 5.82 Å². The van der Waals surface area contributed by atoms with Crippen LogP contribution in [0.1, 0.15) is 39.0 Å². The molecule has 3 heterocycles. The molecule has 0 amide bonds. The predicted molar refractivity (Wildman–Crippen MR) is 84.7 cm³/mol. The summed E-state index contributed by atoms with van der Waals surface area (Å²) in [6.45, 7) is 5.96. The van der Waals surface area contributed by atoms with E-state index < -0.39 is 0 Å². The van der Waals surface area contributed by atoms with Crippen LogP contribution in [0.5, 0.6) is 0 Å². The Bertz CT molecular complexity index is 513. The van der Waals surface area contributed by atoms with Gasteiger partial charge in [0.15, 0.2) is 5.82 Å². The lowest BCUT2D eigenvalue weighted by atomic mass is 9.88. The lowest BCUT2D eigenvalue weighted by Crippen LogP contribution is -2.43. The molecule has 0 aliphatic carbocycles. The lowest BCUT2D eigenvalue weighted by Gasteiger charge is -2.35. The van der Waals surface area contributed by atoms with E-state index >= 15 is 0 Å². The Morgan fingerprint density at radius 2 is 2.14 bits per heavy atom. The van der Waals surface area contributed by atoms with Crippen LogP contribution in [-0.4, -0.2) is 35.2 Å². The van der Waals surface area contributed by atoms with Crippen LogP contribution >= 0.6 is 0 Å². The number of anilines is 1. The molecule has 1 aromatic rings. The van der Waals surface area contributed by atoms with Crippen LogP contribution in [0.2, 0.25) is 0 Å². The predicted octanol–water partition coefficient (Wildman–Crippen LogP) is 1.62. The van der Waals surface area contributed by atoms with Crippen molar-refractivity contribution in [3.63, 3.8) is 0 Å². The molecule has 2 aliphatic heterocycles. The quantitative estimate of drug-likeness (QED) is 0.915. The van der Waals surface area contributed by atoms with E-state index in [2.05, 4.69) is 22.1 Å². The van der Waals surface area contributed by atoms with Gasteiger partial charge >= 0.3 is 0 Å². The van der Waals surface area contributed by atoms with E-state index in [1.807, 2.05) is 0 Å². The maximum absolute atomic E-state index is 12.4. The van der Waals surface area contributed by atoms with Crippen molar-refractivity contribution in [2.24, 2.45) is 5.92 Å². The summed E-state index contributed by atoms with van der Waals surface area (Å²) in [4.78, 5) is 19.0. The fraction of sp³-hybridized carbons (Fsp3) is 0.750. The van der Waals surface area contributed by atoms with Crippen LogP contribution < -0.4 is 15.8 Å². The molecule has 0 aromatic carbocycles. The molecule has 0 bridgehead atoms. The van der Waals surface area contributed by atoms with E-state index in [0.717, 1.165) is 32.0 Å². The molecule has 0 saturated carbocycles. The fourth-order valence-corrected chi connectivity index (χ4v) is 3.70. The van der Waals surface area contributed by atoms with Gasteiger partial charge < -0.3 is 14.8 Å². The van der Waals surface area contributed by atoms with Gasteiger partial charge in [0.2, 0.25) is 0 Å². The average Bonchev–Trinajstić information content (AvgIpc) is 3.04. The van der Waals surface area contributed by atoms with Crippen LogP contribution in [0.3, 0.4) is 0 Å². The highest BCUT2D eigenvalue weighted by Crippen LogP contribution is 2.26. The van der Waals surface area contributed by atoms with Crippen molar-refractivity contribution < 1.29 is 0 Å². The number of hydrogen-bond donors (Lipinski definition) is 1. The number of aromatic nitrogens is 2. The van der Waals surface area contributed by atoms with Crippen LogP contribution in [0.4, 0.5) is 5.82 Å². The van der Waals surface area contributed by atoms with Crippen molar-refractivity contribution in [1.29, 1.82) is 0 Å². The van der Waals surface area contributed by atoms with Gasteiger partial charge in [-0.2, -0.15) is 0 Å². The third kappa shape index (κ3) is 3.12. The van der Waals surface area contributed by atoms with Gasteiger partial charge in [0.05, 0.1) is 0 Å². The van der Waals surface area contributed by atoms with Crippen LogP contribution in [0.25, 0.3) is 0 Å². The molecule has 1 N–H and O–H groups in total. The van der Waals surface area contributed by atoms with Crippen molar-refractivity contribution in [2.75, 3.05) is 24.5 Å². The molecule has 5 nitrogen and oxygen atoms in total. The highest BCUT2D eigenvalue weighted by atomic mass is 16.1. The Hall–Kier alpha value is -1.36. The maximum Gasteiger partial charge on any atom is 0.293 e. The minimum atomic E-state index is 0.0665. The summed E-state index contributed by atoms with van der Waals surface area (Å²) < 4.78 is 1.78. The molecule has 1 atom stereocenters. The topological polar surface area (TPSA) is 50.2 Å². The molecular formula is C16H26N4O. The van der Waals surface area contributed by atoms with E-state index in [9.17, 15) is 4.79 Å². The molecule has 2 aliphatic rings. The standard InChI is InChI=1S/C16H26N4O/c1-2-9-20-12-8-18-15(16(20)21)19-10-5-13(6-11-19)14-4-3-7-17-14/h8,12-14,17H,2-7,9-11H2,1H3. The molecule has 3 rings (SSSR count). The van der Waals surface area contributed by atoms with E-state index in [-0.39, 0.29) is 5.56 Å². The van der Waals surface area contributed by atoms with Crippen molar-refractivity contribution in [2.45, 2.75) is 51.6 Å². The van der Waals surface area contributed by atoms with E-state index in [0.29, 0.717) is 11.9 Å². The van der Waals surface area contributed by atoms with Crippen LogP contribution in [0, 0.1) is 5.92 Å².